The molecule has 6 nitrogen and oxygen atoms in total. The molecule has 0 fully saturated rings. The summed E-state index contributed by atoms with van der Waals surface area (Å²) in [5.41, 5.74) is 5.62. The Bertz CT molecular complexity index is 724. The van der Waals surface area contributed by atoms with Crippen LogP contribution in [0, 0.1) is 5.92 Å². The van der Waals surface area contributed by atoms with Gasteiger partial charge in [-0.15, -0.1) is 0 Å². The van der Waals surface area contributed by atoms with Crippen LogP contribution in [0.4, 0.5) is 0 Å². The molecule has 0 saturated heterocycles. The first-order chi connectivity index (χ1) is 12.5. The van der Waals surface area contributed by atoms with E-state index in [1.54, 1.807) is 55.6 Å². The van der Waals surface area contributed by atoms with Crippen molar-refractivity contribution in [2.24, 2.45) is 5.92 Å². The van der Waals surface area contributed by atoms with Gasteiger partial charge in [0.1, 0.15) is 11.5 Å². The highest BCUT2D eigenvalue weighted by atomic mass is 16.5. The minimum absolute atomic E-state index is 0.402. The zero-order chi connectivity index (χ0) is 18.9. The molecule has 0 radical (unpaired) electrons. The third-order valence-electron chi connectivity index (χ3n) is 3.72. The standard InChI is InChI=1S/C20H24N2O4/c1-14(2)12-13-26-18-10-6-16(7-11-18)20(24)22-21-19(23)15-4-8-17(25-3)9-5-15/h4-11,14H,12-13H2,1-3H3,(H,21,23)(H,22,24). The summed E-state index contributed by atoms with van der Waals surface area (Å²) in [4.78, 5) is 24.1. The van der Waals surface area contributed by atoms with Crippen LogP contribution in [0.5, 0.6) is 11.5 Å². The normalized spacial score (nSPS) is 10.3. The van der Waals surface area contributed by atoms with E-state index in [0.717, 1.165) is 6.42 Å². The third kappa shape index (κ3) is 5.81. The van der Waals surface area contributed by atoms with E-state index in [9.17, 15) is 9.59 Å². The molecule has 2 rings (SSSR count). The zero-order valence-electron chi connectivity index (χ0n) is 15.2. The van der Waals surface area contributed by atoms with Crippen LogP contribution in [0.3, 0.4) is 0 Å². The third-order valence-corrected chi connectivity index (χ3v) is 3.72. The van der Waals surface area contributed by atoms with Crippen LogP contribution in [-0.2, 0) is 0 Å². The first-order valence-electron chi connectivity index (χ1n) is 8.47. The van der Waals surface area contributed by atoms with Gasteiger partial charge in [0.25, 0.3) is 11.8 Å². The maximum atomic E-state index is 12.1. The van der Waals surface area contributed by atoms with E-state index in [1.165, 1.54) is 0 Å². The Labute approximate surface area is 153 Å². The number of ether oxygens (including phenoxy) is 2. The number of amides is 2. The second-order valence-electron chi connectivity index (χ2n) is 6.19. The lowest BCUT2D eigenvalue weighted by Crippen LogP contribution is -2.41. The predicted molar refractivity (Wildman–Crippen MR) is 99.3 cm³/mol. The number of nitrogens with one attached hydrogen (secondary N) is 2. The van der Waals surface area contributed by atoms with Crippen molar-refractivity contribution in [2.45, 2.75) is 20.3 Å². The number of hydrazine groups is 1. The molecule has 0 aliphatic heterocycles. The molecular weight excluding hydrogens is 332 g/mol. The molecule has 0 aromatic heterocycles. The summed E-state index contributed by atoms with van der Waals surface area (Å²) in [7, 11) is 1.55. The van der Waals surface area contributed by atoms with Crippen molar-refractivity contribution in [3.63, 3.8) is 0 Å². The van der Waals surface area contributed by atoms with Crippen molar-refractivity contribution in [1.29, 1.82) is 0 Å². The molecule has 0 spiro atoms. The molecule has 2 amide bonds. The molecule has 2 aromatic carbocycles. The summed E-state index contributed by atoms with van der Waals surface area (Å²) >= 11 is 0. The molecule has 0 saturated carbocycles. The Morgan fingerprint density at radius 1 is 0.846 bits per heavy atom. The molecule has 2 N–H and O–H groups in total. The van der Waals surface area contributed by atoms with Gasteiger partial charge in [0, 0.05) is 11.1 Å². The van der Waals surface area contributed by atoms with Crippen LogP contribution in [0.15, 0.2) is 48.5 Å². The van der Waals surface area contributed by atoms with Crippen molar-refractivity contribution in [2.75, 3.05) is 13.7 Å². The smallest absolute Gasteiger partial charge is 0.269 e. The van der Waals surface area contributed by atoms with Gasteiger partial charge in [0.15, 0.2) is 0 Å². The van der Waals surface area contributed by atoms with Crippen molar-refractivity contribution in [1.82, 2.24) is 10.9 Å². The maximum Gasteiger partial charge on any atom is 0.269 e. The van der Waals surface area contributed by atoms with Crippen LogP contribution in [0.1, 0.15) is 41.0 Å². The van der Waals surface area contributed by atoms with Gasteiger partial charge in [-0.3, -0.25) is 20.4 Å². The fraction of sp³-hybridized carbons (Fsp3) is 0.300. The number of rotatable bonds is 7. The summed E-state index contributed by atoms with van der Waals surface area (Å²) in [5, 5.41) is 0. The molecule has 6 heteroatoms. The number of hydrogen-bond donors (Lipinski definition) is 2. The van der Waals surface area contributed by atoms with Gasteiger partial charge in [0.2, 0.25) is 0 Å². The van der Waals surface area contributed by atoms with E-state index in [0.29, 0.717) is 35.2 Å². The van der Waals surface area contributed by atoms with Gasteiger partial charge in [-0.25, -0.2) is 0 Å². The fourth-order valence-corrected chi connectivity index (χ4v) is 2.12. The van der Waals surface area contributed by atoms with Crippen LogP contribution in [0.2, 0.25) is 0 Å². The predicted octanol–water partition coefficient (Wildman–Crippen LogP) is 3.19. The zero-order valence-corrected chi connectivity index (χ0v) is 15.2. The number of benzene rings is 2. The fourth-order valence-electron chi connectivity index (χ4n) is 2.12. The summed E-state index contributed by atoms with van der Waals surface area (Å²) in [5.74, 6) is 1.13. The molecular formula is C20H24N2O4. The highest BCUT2D eigenvalue weighted by Crippen LogP contribution is 2.13. The maximum absolute atomic E-state index is 12.1. The van der Waals surface area contributed by atoms with Crippen molar-refractivity contribution < 1.29 is 19.1 Å². The first-order valence-corrected chi connectivity index (χ1v) is 8.47. The Morgan fingerprint density at radius 3 is 1.73 bits per heavy atom. The minimum atomic E-state index is -0.408. The summed E-state index contributed by atoms with van der Waals surface area (Å²) in [6, 6.07) is 13.4. The largest absolute Gasteiger partial charge is 0.497 e. The lowest BCUT2D eigenvalue weighted by Gasteiger charge is -2.10. The van der Waals surface area contributed by atoms with Crippen molar-refractivity contribution in [3.8, 4) is 11.5 Å². The minimum Gasteiger partial charge on any atom is -0.497 e. The molecule has 138 valence electrons. The topological polar surface area (TPSA) is 76.7 Å². The van der Waals surface area contributed by atoms with Gasteiger partial charge < -0.3 is 9.47 Å². The van der Waals surface area contributed by atoms with Gasteiger partial charge in [-0.1, -0.05) is 13.8 Å². The summed E-state index contributed by atoms with van der Waals surface area (Å²) in [6.07, 6.45) is 0.972. The molecule has 0 aliphatic carbocycles. The highest BCUT2D eigenvalue weighted by molar-refractivity contribution is 5.99. The van der Waals surface area contributed by atoms with E-state index in [-0.39, 0.29) is 0 Å². The van der Waals surface area contributed by atoms with Crippen LogP contribution < -0.4 is 20.3 Å². The van der Waals surface area contributed by atoms with E-state index in [4.69, 9.17) is 9.47 Å². The number of methoxy groups -OCH3 is 1. The Hall–Kier alpha value is -3.02. The van der Waals surface area contributed by atoms with E-state index in [1.807, 2.05) is 0 Å². The van der Waals surface area contributed by atoms with Crippen molar-refractivity contribution >= 4 is 11.8 Å². The van der Waals surface area contributed by atoms with Crippen LogP contribution in [0.25, 0.3) is 0 Å². The average molecular weight is 356 g/mol. The van der Waals surface area contributed by atoms with Gasteiger partial charge in [0.05, 0.1) is 13.7 Å². The van der Waals surface area contributed by atoms with Crippen LogP contribution >= 0.6 is 0 Å². The van der Waals surface area contributed by atoms with Crippen LogP contribution in [-0.4, -0.2) is 25.5 Å². The summed E-state index contributed by atoms with van der Waals surface area (Å²) < 4.78 is 10.7. The molecule has 0 atom stereocenters. The van der Waals surface area contributed by atoms with E-state index < -0.39 is 11.8 Å². The first kappa shape index (κ1) is 19.3. The molecule has 26 heavy (non-hydrogen) atoms. The van der Waals surface area contributed by atoms with Crippen molar-refractivity contribution in [3.05, 3.63) is 59.7 Å². The number of hydrogen-bond acceptors (Lipinski definition) is 4. The second-order valence-corrected chi connectivity index (χ2v) is 6.19. The highest BCUT2D eigenvalue weighted by Gasteiger charge is 2.09. The number of carbonyl (C=O) groups is 2. The quantitative estimate of drug-likeness (QED) is 0.747. The lowest BCUT2D eigenvalue weighted by atomic mass is 10.1. The van der Waals surface area contributed by atoms with E-state index in [2.05, 4.69) is 24.7 Å². The molecule has 0 aliphatic rings. The molecule has 0 unspecified atom stereocenters. The monoisotopic (exact) mass is 356 g/mol. The number of carbonyl (C=O) groups excluding carboxylic acids is 2. The molecule has 2 aromatic rings. The lowest BCUT2D eigenvalue weighted by molar-refractivity contribution is 0.0846. The van der Waals surface area contributed by atoms with Gasteiger partial charge >= 0.3 is 0 Å². The molecule has 0 heterocycles. The Balaban J connectivity index is 1.83. The SMILES string of the molecule is COc1ccc(C(=O)NNC(=O)c2ccc(OCCC(C)C)cc2)cc1. The van der Waals surface area contributed by atoms with Gasteiger partial charge in [-0.05, 0) is 60.9 Å². The Kier molecular flexibility index (Phi) is 7.02. The van der Waals surface area contributed by atoms with E-state index >= 15 is 0 Å². The average Bonchev–Trinajstić information content (AvgIpc) is 2.66. The Morgan fingerprint density at radius 2 is 1.31 bits per heavy atom. The van der Waals surface area contributed by atoms with Gasteiger partial charge in [-0.2, -0.15) is 0 Å². The second kappa shape index (κ2) is 9.46. The molecule has 0 bridgehead atoms. The summed E-state index contributed by atoms with van der Waals surface area (Å²) in [6.45, 7) is 4.91.